The van der Waals surface area contributed by atoms with E-state index in [-0.39, 0.29) is 11.3 Å². The van der Waals surface area contributed by atoms with E-state index in [0.29, 0.717) is 22.4 Å². The van der Waals surface area contributed by atoms with Crippen molar-refractivity contribution in [2.45, 2.75) is 6.42 Å². The molecule has 1 N–H and O–H groups in total. The number of aromatic nitrogens is 1. The molecule has 4 heteroatoms. The molecule has 0 fully saturated rings. The van der Waals surface area contributed by atoms with E-state index in [1.54, 1.807) is 11.6 Å². The van der Waals surface area contributed by atoms with Gasteiger partial charge in [-0.15, -0.1) is 0 Å². The van der Waals surface area contributed by atoms with E-state index in [1.807, 2.05) is 72.8 Å². The third-order valence-corrected chi connectivity index (χ3v) is 5.11. The number of halogens is 1. The number of nitrogens with zero attached hydrogens (tertiary/aromatic N) is 1. The Balaban J connectivity index is 1.78. The van der Waals surface area contributed by atoms with Crippen LogP contribution in [0.15, 0.2) is 77.6 Å². The molecule has 3 nitrogen and oxygen atoms in total. The van der Waals surface area contributed by atoms with Gasteiger partial charge in [0.2, 0.25) is 0 Å². The monoisotopic (exact) mass is 375 g/mol. The fraction of sp³-hybridized carbons (Fsp3) is 0.0870. The molecule has 0 bridgehead atoms. The van der Waals surface area contributed by atoms with E-state index < -0.39 is 0 Å². The summed E-state index contributed by atoms with van der Waals surface area (Å²) in [6.45, 7) is 0. The maximum absolute atomic E-state index is 12.8. The maximum atomic E-state index is 12.8. The van der Waals surface area contributed by atoms with Gasteiger partial charge in [0.25, 0.3) is 5.56 Å². The average Bonchev–Trinajstić information content (AvgIpc) is 2.70. The molecule has 1 aromatic heterocycles. The molecule has 0 radical (unpaired) electrons. The summed E-state index contributed by atoms with van der Waals surface area (Å²) in [7, 11) is 1.73. The first kappa shape index (κ1) is 17.4. The van der Waals surface area contributed by atoms with Crippen molar-refractivity contribution in [3.05, 3.63) is 99.3 Å². The van der Waals surface area contributed by atoms with Crippen LogP contribution in [0.5, 0.6) is 5.75 Å². The van der Waals surface area contributed by atoms with Crippen molar-refractivity contribution in [1.29, 1.82) is 0 Å². The smallest absolute Gasteiger partial charge is 0.258 e. The normalized spacial score (nSPS) is 11.0. The molecule has 4 rings (SSSR count). The molecule has 0 aliphatic heterocycles. The van der Waals surface area contributed by atoms with Crippen molar-refractivity contribution in [3.8, 4) is 16.9 Å². The van der Waals surface area contributed by atoms with E-state index in [4.69, 9.17) is 11.6 Å². The Hall–Kier alpha value is -3.04. The molecule has 0 atom stereocenters. The van der Waals surface area contributed by atoms with E-state index in [0.717, 1.165) is 22.2 Å². The van der Waals surface area contributed by atoms with Gasteiger partial charge in [-0.3, -0.25) is 4.79 Å². The number of hydrogen-bond donors (Lipinski definition) is 1. The number of rotatable bonds is 3. The topological polar surface area (TPSA) is 42.2 Å². The average molecular weight is 376 g/mol. The number of fused-ring (bicyclic) bond motifs is 1. The first-order valence-electron chi connectivity index (χ1n) is 8.69. The van der Waals surface area contributed by atoms with Crippen LogP contribution in [0.2, 0.25) is 5.02 Å². The number of benzene rings is 3. The lowest BCUT2D eigenvalue weighted by atomic mass is 9.98. The minimum absolute atomic E-state index is 0.0607. The Morgan fingerprint density at radius 3 is 2.44 bits per heavy atom. The van der Waals surface area contributed by atoms with Crippen molar-refractivity contribution >= 4 is 22.5 Å². The molecule has 0 saturated carbocycles. The van der Waals surface area contributed by atoms with Crippen LogP contribution in [0.4, 0.5) is 0 Å². The molecular weight excluding hydrogens is 358 g/mol. The third kappa shape index (κ3) is 3.22. The van der Waals surface area contributed by atoms with E-state index in [2.05, 4.69) is 0 Å². The van der Waals surface area contributed by atoms with Gasteiger partial charge < -0.3 is 9.67 Å². The minimum Gasteiger partial charge on any atom is -0.507 e. The molecule has 3 aromatic carbocycles. The fourth-order valence-electron chi connectivity index (χ4n) is 3.41. The van der Waals surface area contributed by atoms with Gasteiger partial charge >= 0.3 is 0 Å². The van der Waals surface area contributed by atoms with Crippen LogP contribution in [0.25, 0.3) is 22.0 Å². The van der Waals surface area contributed by atoms with Gasteiger partial charge in [-0.2, -0.15) is 0 Å². The Morgan fingerprint density at radius 1 is 0.926 bits per heavy atom. The molecule has 0 spiro atoms. The van der Waals surface area contributed by atoms with Crippen LogP contribution in [0.3, 0.4) is 0 Å². The summed E-state index contributed by atoms with van der Waals surface area (Å²) >= 11 is 5.97. The van der Waals surface area contributed by atoms with Crippen molar-refractivity contribution in [1.82, 2.24) is 4.57 Å². The van der Waals surface area contributed by atoms with Crippen LogP contribution in [-0.4, -0.2) is 9.67 Å². The molecule has 0 aliphatic carbocycles. The minimum atomic E-state index is -0.178. The highest BCUT2D eigenvalue weighted by Crippen LogP contribution is 2.28. The zero-order valence-electron chi connectivity index (χ0n) is 14.8. The number of aromatic hydroxyl groups is 1. The lowest BCUT2D eigenvalue weighted by Crippen LogP contribution is -2.21. The molecule has 4 aromatic rings. The van der Waals surface area contributed by atoms with Gasteiger partial charge in [-0.1, -0.05) is 60.1 Å². The quantitative estimate of drug-likeness (QED) is 0.537. The number of para-hydroxylation sites is 1. The Labute approximate surface area is 162 Å². The standard InChI is InChI=1S/C23H18ClNO2/c1-25-21-8-3-2-7-19(21)22(26)20(23(25)27)14-15-5-4-6-17(13-15)16-9-11-18(24)12-10-16/h2-13,26H,14H2,1H3. The molecule has 134 valence electrons. The Kier molecular flexibility index (Phi) is 4.46. The van der Waals surface area contributed by atoms with E-state index in [9.17, 15) is 9.90 Å². The van der Waals surface area contributed by atoms with Crippen LogP contribution in [0.1, 0.15) is 11.1 Å². The van der Waals surface area contributed by atoms with Crippen LogP contribution in [-0.2, 0) is 13.5 Å². The SMILES string of the molecule is Cn1c(=O)c(Cc2cccc(-c3ccc(Cl)cc3)c2)c(O)c2ccccc21. The van der Waals surface area contributed by atoms with Gasteiger partial charge in [0, 0.05) is 23.9 Å². The number of hydrogen-bond acceptors (Lipinski definition) is 2. The highest BCUT2D eigenvalue weighted by Gasteiger charge is 2.15. The highest BCUT2D eigenvalue weighted by molar-refractivity contribution is 6.30. The van der Waals surface area contributed by atoms with Gasteiger partial charge in [-0.05, 0) is 41.0 Å². The fourth-order valence-corrected chi connectivity index (χ4v) is 3.53. The zero-order chi connectivity index (χ0) is 19.0. The summed E-state index contributed by atoms with van der Waals surface area (Å²) in [4.78, 5) is 12.8. The van der Waals surface area contributed by atoms with E-state index >= 15 is 0 Å². The summed E-state index contributed by atoms with van der Waals surface area (Å²) in [5, 5.41) is 12.1. The predicted molar refractivity (Wildman–Crippen MR) is 111 cm³/mol. The Bertz CT molecular complexity index is 1190. The molecule has 1 heterocycles. The van der Waals surface area contributed by atoms with E-state index in [1.165, 1.54) is 0 Å². The number of pyridine rings is 1. The molecule has 0 aliphatic rings. The maximum Gasteiger partial charge on any atom is 0.258 e. The first-order chi connectivity index (χ1) is 13.0. The molecule has 0 unspecified atom stereocenters. The third-order valence-electron chi connectivity index (χ3n) is 4.85. The summed E-state index contributed by atoms with van der Waals surface area (Å²) in [5.41, 5.74) is 4.01. The molecule has 0 amide bonds. The van der Waals surface area contributed by atoms with Crippen molar-refractivity contribution in [3.63, 3.8) is 0 Å². The van der Waals surface area contributed by atoms with Crippen LogP contribution >= 0.6 is 11.6 Å². The van der Waals surface area contributed by atoms with Gasteiger partial charge in [0.05, 0.1) is 11.1 Å². The van der Waals surface area contributed by atoms with Crippen molar-refractivity contribution in [2.75, 3.05) is 0 Å². The first-order valence-corrected chi connectivity index (χ1v) is 9.07. The summed E-state index contributed by atoms with van der Waals surface area (Å²) < 4.78 is 1.59. The second-order valence-electron chi connectivity index (χ2n) is 6.59. The summed E-state index contributed by atoms with van der Waals surface area (Å²) in [5.74, 6) is 0.0607. The van der Waals surface area contributed by atoms with Gasteiger partial charge in [0.15, 0.2) is 0 Å². The predicted octanol–water partition coefficient (Wildman–Crippen LogP) is 5.16. The molecular formula is C23H18ClNO2. The molecule has 27 heavy (non-hydrogen) atoms. The van der Waals surface area contributed by atoms with Gasteiger partial charge in [0.1, 0.15) is 5.75 Å². The second-order valence-corrected chi connectivity index (χ2v) is 7.03. The molecule has 0 saturated heterocycles. The van der Waals surface area contributed by atoms with Crippen LogP contribution < -0.4 is 5.56 Å². The second kappa shape index (κ2) is 6.93. The van der Waals surface area contributed by atoms with Crippen LogP contribution in [0, 0.1) is 0 Å². The van der Waals surface area contributed by atoms with Crippen molar-refractivity contribution < 1.29 is 5.11 Å². The highest BCUT2D eigenvalue weighted by atomic mass is 35.5. The van der Waals surface area contributed by atoms with Gasteiger partial charge in [-0.25, -0.2) is 0 Å². The summed E-state index contributed by atoms with van der Waals surface area (Å²) in [6.07, 6.45) is 0.366. The lowest BCUT2D eigenvalue weighted by molar-refractivity contribution is 0.473. The largest absolute Gasteiger partial charge is 0.507 e. The Morgan fingerprint density at radius 2 is 1.67 bits per heavy atom. The van der Waals surface area contributed by atoms with Crippen molar-refractivity contribution in [2.24, 2.45) is 7.05 Å². The zero-order valence-corrected chi connectivity index (χ0v) is 15.6. The summed E-state index contributed by atoms with van der Waals surface area (Å²) in [6, 6.07) is 23.0. The lowest BCUT2D eigenvalue weighted by Gasteiger charge is -2.12. The number of aryl methyl sites for hydroxylation is 1.